The number of hydrogen-bond acceptors (Lipinski definition) is 4. The Labute approximate surface area is 91.4 Å². The fraction of sp³-hybridized carbons (Fsp3) is 0.400. The average molecular weight is 223 g/mol. The highest BCUT2D eigenvalue weighted by atomic mass is 32.1. The lowest BCUT2D eigenvalue weighted by Crippen LogP contribution is -2.31. The van der Waals surface area contributed by atoms with Crippen LogP contribution in [-0.4, -0.2) is 15.6 Å². The summed E-state index contributed by atoms with van der Waals surface area (Å²) in [4.78, 5) is 16.9. The maximum atomic E-state index is 11.9. The fourth-order valence-corrected chi connectivity index (χ4v) is 2.13. The first-order chi connectivity index (χ1) is 7.22. The molecule has 15 heavy (non-hydrogen) atoms. The Kier molecular flexibility index (Phi) is 2.83. The van der Waals surface area contributed by atoms with Gasteiger partial charge in [-0.1, -0.05) is 6.92 Å². The van der Waals surface area contributed by atoms with Gasteiger partial charge in [-0.15, -0.1) is 11.3 Å². The molecule has 2 aromatic heterocycles. The molecule has 0 aliphatic carbocycles. The van der Waals surface area contributed by atoms with Crippen molar-refractivity contribution in [1.29, 1.82) is 0 Å². The van der Waals surface area contributed by atoms with Gasteiger partial charge in [-0.05, 0) is 17.9 Å². The summed E-state index contributed by atoms with van der Waals surface area (Å²) in [7, 11) is 0. The molecule has 0 aromatic carbocycles. The van der Waals surface area contributed by atoms with E-state index in [1.54, 1.807) is 10.9 Å². The zero-order valence-electron chi connectivity index (χ0n) is 8.51. The summed E-state index contributed by atoms with van der Waals surface area (Å²) < 4.78 is 1.59. The minimum atomic E-state index is 0.00477. The third-order valence-electron chi connectivity index (χ3n) is 2.41. The minimum Gasteiger partial charge on any atom is -0.326 e. The van der Waals surface area contributed by atoms with Crippen molar-refractivity contribution in [2.75, 3.05) is 0 Å². The number of hydrogen-bond donors (Lipinski definition) is 1. The summed E-state index contributed by atoms with van der Waals surface area (Å²) in [6, 6.07) is 1.82. The van der Waals surface area contributed by atoms with Crippen LogP contribution in [0.2, 0.25) is 0 Å². The topological polar surface area (TPSA) is 60.9 Å². The van der Waals surface area contributed by atoms with Gasteiger partial charge in [-0.2, -0.15) is 0 Å². The molecule has 1 atom stereocenters. The minimum absolute atomic E-state index is 0.00477. The first kappa shape index (κ1) is 10.3. The average Bonchev–Trinajstić information content (AvgIpc) is 2.70. The van der Waals surface area contributed by atoms with Crippen molar-refractivity contribution in [1.82, 2.24) is 9.55 Å². The van der Waals surface area contributed by atoms with E-state index in [2.05, 4.69) is 4.98 Å². The van der Waals surface area contributed by atoms with Crippen molar-refractivity contribution in [3.8, 4) is 0 Å². The Morgan fingerprint density at radius 1 is 1.67 bits per heavy atom. The lowest BCUT2D eigenvalue weighted by atomic mass is 10.2. The summed E-state index contributed by atoms with van der Waals surface area (Å²) in [5, 5.41) is 2.56. The number of fused-ring (bicyclic) bond motifs is 1. The van der Waals surface area contributed by atoms with E-state index in [4.69, 9.17) is 5.73 Å². The van der Waals surface area contributed by atoms with Crippen molar-refractivity contribution in [2.45, 2.75) is 25.9 Å². The zero-order valence-corrected chi connectivity index (χ0v) is 9.33. The van der Waals surface area contributed by atoms with E-state index in [1.807, 2.05) is 18.4 Å². The van der Waals surface area contributed by atoms with Gasteiger partial charge < -0.3 is 5.73 Å². The molecule has 0 radical (unpaired) electrons. The molecule has 1 unspecified atom stereocenters. The molecule has 5 heteroatoms. The van der Waals surface area contributed by atoms with E-state index in [9.17, 15) is 4.79 Å². The number of nitrogens with two attached hydrogens (primary N) is 1. The predicted octanol–water partition coefficient (Wildman–Crippen LogP) is 1.20. The molecule has 2 aromatic rings. The van der Waals surface area contributed by atoms with E-state index in [-0.39, 0.29) is 11.6 Å². The smallest absolute Gasteiger partial charge is 0.262 e. The number of rotatable bonds is 3. The van der Waals surface area contributed by atoms with Crippen molar-refractivity contribution in [3.05, 3.63) is 28.1 Å². The molecule has 4 nitrogen and oxygen atoms in total. The molecule has 0 amide bonds. The molecule has 0 bridgehead atoms. The van der Waals surface area contributed by atoms with E-state index in [1.165, 1.54) is 11.3 Å². The lowest BCUT2D eigenvalue weighted by Gasteiger charge is -2.10. The third kappa shape index (κ3) is 1.93. The van der Waals surface area contributed by atoms with Crippen LogP contribution in [-0.2, 0) is 6.54 Å². The van der Waals surface area contributed by atoms with E-state index >= 15 is 0 Å². The van der Waals surface area contributed by atoms with Crippen LogP contribution in [0.3, 0.4) is 0 Å². The Bertz CT molecular complexity index is 517. The highest BCUT2D eigenvalue weighted by Gasteiger charge is 2.07. The summed E-state index contributed by atoms with van der Waals surface area (Å²) in [6.45, 7) is 2.54. The van der Waals surface area contributed by atoms with Gasteiger partial charge in [-0.3, -0.25) is 9.36 Å². The van der Waals surface area contributed by atoms with Gasteiger partial charge in [-0.25, -0.2) is 4.98 Å². The van der Waals surface area contributed by atoms with Gasteiger partial charge in [0, 0.05) is 12.6 Å². The summed E-state index contributed by atoms with van der Waals surface area (Å²) >= 11 is 1.48. The first-order valence-corrected chi connectivity index (χ1v) is 5.78. The standard InChI is InChI=1S/C10H13N3OS/c1-2-7(11)5-13-6-12-9-8(10(13)14)3-4-15-9/h3-4,6-7H,2,5,11H2,1H3. The molecule has 0 fully saturated rings. The Morgan fingerprint density at radius 2 is 2.47 bits per heavy atom. The highest BCUT2D eigenvalue weighted by molar-refractivity contribution is 7.16. The normalized spacial score (nSPS) is 13.2. The summed E-state index contributed by atoms with van der Waals surface area (Å²) in [5.41, 5.74) is 5.81. The molecular weight excluding hydrogens is 210 g/mol. The molecule has 2 rings (SSSR count). The number of thiophene rings is 1. The van der Waals surface area contributed by atoms with Crippen molar-refractivity contribution in [3.63, 3.8) is 0 Å². The van der Waals surface area contributed by atoms with Crippen LogP contribution in [0.5, 0.6) is 0 Å². The quantitative estimate of drug-likeness (QED) is 0.850. The largest absolute Gasteiger partial charge is 0.326 e. The van der Waals surface area contributed by atoms with E-state index in [0.29, 0.717) is 11.9 Å². The molecule has 0 aliphatic rings. The van der Waals surface area contributed by atoms with E-state index < -0.39 is 0 Å². The van der Waals surface area contributed by atoms with E-state index in [0.717, 1.165) is 11.3 Å². The molecule has 0 spiro atoms. The molecule has 2 N–H and O–H groups in total. The highest BCUT2D eigenvalue weighted by Crippen LogP contribution is 2.13. The Balaban J connectivity index is 2.44. The maximum absolute atomic E-state index is 11.9. The van der Waals surface area contributed by atoms with Gasteiger partial charge in [0.1, 0.15) is 4.83 Å². The Morgan fingerprint density at radius 3 is 3.20 bits per heavy atom. The second-order valence-corrected chi connectivity index (χ2v) is 4.40. The molecule has 80 valence electrons. The van der Waals surface area contributed by atoms with Gasteiger partial charge in [0.2, 0.25) is 0 Å². The number of nitrogens with zero attached hydrogens (tertiary/aromatic N) is 2. The van der Waals surface area contributed by atoms with Crippen LogP contribution in [0.25, 0.3) is 10.2 Å². The lowest BCUT2D eigenvalue weighted by molar-refractivity contribution is 0.525. The monoisotopic (exact) mass is 223 g/mol. The fourth-order valence-electron chi connectivity index (χ4n) is 1.41. The van der Waals surface area contributed by atoms with Gasteiger partial charge >= 0.3 is 0 Å². The van der Waals surface area contributed by atoms with Crippen LogP contribution in [0.15, 0.2) is 22.6 Å². The molecule has 0 saturated carbocycles. The van der Waals surface area contributed by atoms with Crippen LogP contribution in [0.1, 0.15) is 13.3 Å². The first-order valence-electron chi connectivity index (χ1n) is 4.90. The predicted molar refractivity (Wildman–Crippen MR) is 62.1 cm³/mol. The molecule has 0 aliphatic heterocycles. The molecular formula is C10H13N3OS. The summed E-state index contributed by atoms with van der Waals surface area (Å²) in [5.74, 6) is 0. The third-order valence-corrected chi connectivity index (χ3v) is 3.23. The molecule has 0 saturated heterocycles. The van der Waals surface area contributed by atoms with Crippen molar-refractivity contribution < 1.29 is 0 Å². The van der Waals surface area contributed by atoms with Crippen LogP contribution < -0.4 is 11.3 Å². The number of aromatic nitrogens is 2. The van der Waals surface area contributed by atoms with Gasteiger partial charge in [0.25, 0.3) is 5.56 Å². The van der Waals surface area contributed by atoms with Gasteiger partial charge in [0.15, 0.2) is 0 Å². The van der Waals surface area contributed by atoms with Crippen LogP contribution in [0, 0.1) is 0 Å². The van der Waals surface area contributed by atoms with Crippen LogP contribution in [0.4, 0.5) is 0 Å². The summed E-state index contributed by atoms with van der Waals surface area (Å²) in [6.07, 6.45) is 2.44. The second-order valence-electron chi connectivity index (χ2n) is 3.51. The van der Waals surface area contributed by atoms with Crippen LogP contribution >= 0.6 is 11.3 Å². The SMILES string of the molecule is CCC(N)Cn1cnc2sccc2c1=O. The Hall–Kier alpha value is -1.20. The molecule has 2 heterocycles. The second kappa shape index (κ2) is 4.12. The van der Waals surface area contributed by atoms with Crippen molar-refractivity contribution >= 4 is 21.6 Å². The van der Waals surface area contributed by atoms with Gasteiger partial charge in [0.05, 0.1) is 11.7 Å². The van der Waals surface area contributed by atoms with Crippen molar-refractivity contribution in [2.24, 2.45) is 5.73 Å². The maximum Gasteiger partial charge on any atom is 0.262 e. The zero-order chi connectivity index (χ0) is 10.8.